The standard InChI is InChI=1S/C15H22BrNO4S/c1-10-5-11(2)9-17(8-10)22(18,19)15-7-13(20-3)12(16)6-14(15)21-4/h6-7,10-11H,5,8-9H2,1-4H3/t10-,11-/m1/s1. The molecule has 0 radical (unpaired) electrons. The third kappa shape index (κ3) is 3.41. The summed E-state index contributed by atoms with van der Waals surface area (Å²) in [5.74, 6) is 1.49. The molecule has 0 aliphatic carbocycles. The Morgan fingerprint density at radius 1 is 1.09 bits per heavy atom. The van der Waals surface area contributed by atoms with Crippen molar-refractivity contribution in [2.24, 2.45) is 11.8 Å². The molecule has 0 N–H and O–H groups in total. The Kier molecular flexibility index (Phi) is 5.40. The van der Waals surface area contributed by atoms with Crippen LogP contribution in [-0.2, 0) is 10.0 Å². The SMILES string of the molecule is COc1cc(S(=O)(=O)N2C[C@H](C)C[C@@H](C)C2)c(OC)cc1Br. The highest BCUT2D eigenvalue weighted by atomic mass is 79.9. The van der Waals surface area contributed by atoms with Gasteiger partial charge in [-0.15, -0.1) is 0 Å². The Morgan fingerprint density at radius 3 is 2.14 bits per heavy atom. The third-order valence-electron chi connectivity index (χ3n) is 3.89. The lowest BCUT2D eigenvalue weighted by Crippen LogP contribution is -2.42. The van der Waals surface area contributed by atoms with Crippen LogP contribution in [-0.4, -0.2) is 40.0 Å². The van der Waals surface area contributed by atoms with Crippen molar-refractivity contribution in [3.8, 4) is 11.5 Å². The van der Waals surface area contributed by atoms with E-state index in [9.17, 15) is 8.42 Å². The predicted octanol–water partition coefficient (Wildman–Crippen LogP) is 3.13. The summed E-state index contributed by atoms with van der Waals surface area (Å²) >= 11 is 3.35. The molecule has 1 aromatic rings. The van der Waals surface area contributed by atoms with Crippen LogP contribution in [0.2, 0.25) is 0 Å². The molecule has 1 fully saturated rings. The summed E-state index contributed by atoms with van der Waals surface area (Å²) in [6.45, 7) is 5.23. The average Bonchev–Trinajstić information content (AvgIpc) is 2.45. The molecule has 2 atom stereocenters. The van der Waals surface area contributed by atoms with Crippen LogP contribution >= 0.6 is 15.9 Å². The van der Waals surface area contributed by atoms with Crippen LogP contribution in [0.5, 0.6) is 11.5 Å². The van der Waals surface area contributed by atoms with Crippen molar-refractivity contribution >= 4 is 26.0 Å². The van der Waals surface area contributed by atoms with Crippen LogP contribution in [0.3, 0.4) is 0 Å². The summed E-state index contributed by atoms with van der Waals surface area (Å²) in [5, 5.41) is 0. The number of ether oxygens (including phenoxy) is 2. The van der Waals surface area contributed by atoms with E-state index >= 15 is 0 Å². The molecule has 1 aliphatic heterocycles. The van der Waals surface area contributed by atoms with E-state index in [4.69, 9.17) is 9.47 Å². The second-order valence-corrected chi connectivity index (χ2v) is 8.67. The molecule has 0 aromatic heterocycles. The number of methoxy groups -OCH3 is 2. The summed E-state index contributed by atoms with van der Waals surface area (Å²) < 4.78 is 38.7. The largest absolute Gasteiger partial charge is 0.496 e. The van der Waals surface area contributed by atoms with Gasteiger partial charge in [0, 0.05) is 19.2 Å². The van der Waals surface area contributed by atoms with Gasteiger partial charge in [0.25, 0.3) is 0 Å². The molecule has 1 heterocycles. The minimum absolute atomic E-state index is 0.149. The van der Waals surface area contributed by atoms with Gasteiger partial charge in [-0.2, -0.15) is 4.31 Å². The lowest BCUT2D eigenvalue weighted by Gasteiger charge is -2.34. The van der Waals surface area contributed by atoms with Crippen LogP contribution in [0.25, 0.3) is 0 Å². The molecule has 0 amide bonds. The molecule has 124 valence electrons. The van der Waals surface area contributed by atoms with Gasteiger partial charge < -0.3 is 9.47 Å². The molecule has 1 saturated heterocycles. The van der Waals surface area contributed by atoms with Gasteiger partial charge in [0.2, 0.25) is 10.0 Å². The number of rotatable bonds is 4. The van der Waals surface area contributed by atoms with E-state index in [1.165, 1.54) is 20.3 Å². The highest BCUT2D eigenvalue weighted by Crippen LogP contribution is 2.37. The lowest BCUT2D eigenvalue weighted by atomic mass is 9.94. The number of halogens is 1. The summed E-state index contributed by atoms with van der Waals surface area (Å²) in [7, 11) is -0.638. The Bertz CT molecular complexity index is 637. The first-order valence-corrected chi connectivity index (χ1v) is 9.44. The van der Waals surface area contributed by atoms with Crippen LogP contribution in [0.4, 0.5) is 0 Å². The number of hydrogen-bond donors (Lipinski definition) is 0. The van der Waals surface area contributed by atoms with E-state index in [1.807, 2.05) is 0 Å². The molecular formula is C15H22BrNO4S. The third-order valence-corrected chi connectivity index (χ3v) is 6.36. The molecule has 22 heavy (non-hydrogen) atoms. The monoisotopic (exact) mass is 391 g/mol. The fraction of sp³-hybridized carbons (Fsp3) is 0.600. The highest BCUT2D eigenvalue weighted by molar-refractivity contribution is 9.10. The maximum absolute atomic E-state index is 13.0. The zero-order chi connectivity index (χ0) is 16.5. The van der Waals surface area contributed by atoms with Crippen molar-refractivity contribution in [2.75, 3.05) is 27.3 Å². The summed E-state index contributed by atoms with van der Waals surface area (Å²) in [6.07, 6.45) is 1.05. The van der Waals surface area contributed by atoms with Gasteiger partial charge in [-0.05, 0) is 40.3 Å². The Labute approximate surface area is 140 Å². The first-order chi connectivity index (χ1) is 10.3. The van der Waals surface area contributed by atoms with Crippen molar-refractivity contribution in [3.63, 3.8) is 0 Å². The number of piperidine rings is 1. The van der Waals surface area contributed by atoms with E-state index in [1.54, 1.807) is 10.4 Å². The minimum Gasteiger partial charge on any atom is -0.496 e. The van der Waals surface area contributed by atoms with E-state index in [2.05, 4.69) is 29.8 Å². The van der Waals surface area contributed by atoms with E-state index in [-0.39, 0.29) is 4.90 Å². The number of benzene rings is 1. The van der Waals surface area contributed by atoms with Crippen molar-refractivity contribution < 1.29 is 17.9 Å². The van der Waals surface area contributed by atoms with Crippen molar-refractivity contribution in [2.45, 2.75) is 25.2 Å². The first-order valence-electron chi connectivity index (χ1n) is 7.21. The van der Waals surface area contributed by atoms with Crippen molar-refractivity contribution in [3.05, 3.63) is 16.6 Å². The zero-order valence-electron chi connectivity index (χ0n) is 13.3. The Balaban J connectivity index is 2.48. The smallest absolute Gasteiger partial charge is 0.246 e. The highest BCUT2D eigenvalue weighted by Gasteiger charge is 2.34. The predicted molar refractivity (Wildman–Crippen MR) is 88.9 cm³/mol. The van der Waals surface area contributed by atoms with Gasteiger partial charge in [-0.25, -0.2) is 8.42 Å². The lowest BCUT2D eigenvalue weighted by molar-refractivity contribution is 0.222. The van der Waals surface area contributed by atoms with Gasteiger partial charge >= 0.3 is 0 Å². The molecule has 0 bridgehead atoms. The van der Waals surface area contributed by atoms with Crippen LogP contribution < -0.4 is 9.47 Å². The quantitative estimate of drug-likeness (QED) is 0.790. The molecule has 0 spiro atoms. The van der Waals surface area contributed by atoms with Gasteiger partial charge in [0.05, 0.1) is 18.7 Å². The number of hydrogen-bond acceptors (Lipinski definition) is 4. The maximum Gasteiger partial charge on any atom is 0.246 e. The zero-order valence-corrected chi connectivity index (χ0v) is 15.7. The van der Waals surface area contributed by atoms with Crippen molar-refractivity contribution in [1.82, 2.24) is 4.31 Å². The fourth-order valence-corrected chi connectivity index (χ4v) is 5.29. The first kappa shape index (κ1) is 17.6. The second kappa shape index (κ2) is 6.76. The number of sulfonamides is 1. The van der Waals surface area contributed by atoms with Gasteiger partial charge in [0.15, 0.2) is 0 Å². The summed E-state index contributed by atoms with van der Waals surface area (Å²) in [5.41, 5.74) is 0. The molecule has 2 rings (SSSR count). The Hall–Kier alpha value is -0.790. The van der Waals surface area contributed by atoms with E-state index in [0.717, 1.165) is 6.42 Å². The molecule has 5 nitrogen and oxygen atoms in total. The van der Waals surface area contributed by atoms with Gasteiger partial charge in [0.1, 0.15) is 16.4 Å². The summed E-state index contributed by atoms with van der Waals surface area (Å²) in [4.78, 5) is 0.149. The van der Waals surface area contributed by atoms with Crippen LogP contribution in [0.1, 0.15) is 20.3 Å². The molecule has 0 saturated carbocycles. The molecule has 7 heteroatoms. The van der Waals surface area contributed by atoms with Crippen LogP contribution in [0, 0.1) is 11.8 Å². The van der Waals surface area contributed by atoms with E-state index in [0.29, 0.717) is 40.9 Å². The molecular weight excluding hydrogens is 370 g/mol. The van der Waals surface area contributed by atoms with Crippen molar-refractivity contribution in [1.29, 1.82) is 0 Å². The molecule has 0 unspecified atom stereocenters. The average molecular weight is 392 g/mol. The molecule has 1 aliphatic rings. The fourth-order valence-electron chi connectivity index (χ4n) is 2.98. The molecule has 1 aromatic carbocycles. The van der Waals surface area contributed by atoms with Gasteiger partial charge in [-0.1, -0.05) is 13.8 Å². The summed E-state index contributed by atoms with van der Waals surface area (Å²) in [6, 6.07) is 3.14. The normalized spacial score (nSPS) is 23.3. The minimum atomic E-state index is -3.61. The topological polar surface area (TPSA) is 55.8 Å². The number of nitrogens with zero attached hydrogens (tertiary/aromatic N) is 1. The van der Waals surface area contributed by atoms with Gasteiger partial charge in [-0.3, -0.25) is 0 Å². The Morgan fingerprint density at radius 2 is 1.64 bits per heavy atom. The van der Waals surface area contributed by atoms with E-state index < -0.39 is 10.0 Å². The van der Waals surface area contributed by atoms with Crippen LogP contribution in [0.15, 0.2) is 21.5 Å². The second-order valence-electron chi connectivity index (χ2n) is 5.91. The maximum atomic E-state index is 13.0.